The van der Waals surface area contributed by atoms with Crippen LogP contribution in [-0.4, -0.2) is 40.1 Å². The second-order valence-electron chi connectivity index (χ2n) is 4.67. The van der Waals surface area contributed by atoms with Crippen LogP contribution in [0, 0.1) is 0 Å². The molecule has 2 aromatic heterocycles. The second-order valence-corrected chi connectivity index (χ2v) is 7.24. The van der Waals surface area contributed by atoms with Gasteiger partial charge in [-0.3, -0.25) is 4.79 Å². The monoisotopic (exact) mass is 328 g/mol. The Bertz CT molecular complexity index is 617. The summed E-state index contributed by atoms with van der Waals surface area (Å²) in [6.07, 6.45) is 1.00. The number of thiophene rings is 1. The van der Waals surface area contributed by atoms with Gasteiger partial charge in [0.2, 0.25) is 0 Å². The van der Waals surface area contributed by atoms with Gasteiger partial charge in [-0.1, -0.05) is 11.6 Å². The maximum atomic E-state index is 12.3. The average Bonchev–Trinajstić information content (AvgIpc) is 3.07. The van der Waals surface area contributed by atoms with E-state index in [1.165, 1.54) is 22.7 Å². The highest BCUT2D eigenvalue weighted by molar-refractivity contribution is 7.23. The third-order valence-corrected chi connectivity index (χ3v) is 5.50. The van der Waals surface area contributed by atoms with Crippen molar-refractivity contribution in [1.29, 1.82) is 0 Å². The van der Waals surface area contributed by atoms with Gasteiger partial charge in [-0.15, -0.1) is 22.7 Å². The van der Waals surface area contributed by atoms with Gasteiger partial charge < -0.3 is 10.0 Å². The Labute approximate surface area is 129 Å². The first-order valence-corrected chi connectivity index (χ1v) is 8.39. The quantitative estimate of drug-likeness (QED) is 0.921. The highest BCUT2D eigenvalue weighted by Crippen LogP contribution is 2.33. The fraction of sp³-hybridized carbons (Fsp3) is 0.385. The predicted octanol–water partition coefficient (Wildman–Crippen LogP) is 3.12. The molecule has 3 heterocycles. The van der Waals surface area contributed by atoms with Gasteiger partial charge in [0.1, 0.15) is 10.7 Å². The van der Waals surface area contributed by atoms with Gasteiger partial charge in [0, 0.05) is 18.5 Å². The van der Waals surface area contributed by atoms with Gasteiger partial charge in [-0.05, 0) is 25.0 Å². The molecule has 0 unspecified atom stereocenters. The van der Waals surface area contributed by atoms with Gasteiger partial charge in [0.25, 0.3) is 5.91 Å². The van der Waals surface area contributed by atoms with Gasteiger partial charge in [-0.25, -0.2) is 4.98 Å². The van der Waals surface area contributed by atoms with Crippen LogP contribution in [0.4, 0.5) is 0 Å². The predicted molar refractivity (Wildman–Crippen MR) is 81.6 cm³/mol. The van der Waals surface area contributed by atoms with Crippen molar-refractivity contribution in [2.75, 3.05) is 13.1 Å². The van der Waals surface area contributed by atoms with Crippen LogP contribution in [0.1, 0.15) is 23.3 Å². The summed E-state index contributed by atoms with van der Waals surface area (Å²) in [5, 5.41) is 12.1. The molecule has 1 aliphatic heterocycles. The number of aliphatic hydroxyl groups excluding tert-OH is 1. The topological polar surface area (TPSA) is 53.4 Å². The number of hydrogen-bond donors (Lipinski definition) is 1. The third-order valence-electron chi connectivity index (χ3n) is 3.26. The van der Waals surface area contributed by atoms with E-state index >= 15 is 0 Å². The zero-order chi connectivity index (χ0) is 14.1. The Kier molecular flexibility index (Phi) is 4.07. The number of aliphatic hydroxyl groups is 1. The van der Waals surface area contributed by atoms with E-state index in [0.29, 0.717) is 36.0 Å². The lowest BCUT2D eigenvalue weighted by molar-refractivity contribution is 0.0542. The Hall–Kier alpha value is -0.950. The Morgan fingerprint density at radius 1 is 1.40 bits per heavy atom. The number of nitrogens with zero attached hydrogens (tertiary/aromatic N) is 2. The number of halogens is 1. The van der Waals surface area contributed by atoms with Crippen molar-refractivity contribution in [3.05, 3.63) is 27.5 Å². The molecule has 1 saturated heterocycles. The summed E-state index contributed by atoms with van der Waals surface area (Å²) < 4.78 is 0.716. The van der Waals surface area contributed by atoms with Crippen LogP contribution in [0.3, 0.4) is 0 Å². The molecule has 20 heavy (non-hydrogen) atoms. The van der Waals surface area contributed by atoms with Crippen molar-refractivity contribution < 1.29 is 9.90 Å². The molecule has 0 saturated carbocycles. The largest absolute Gasteiger partial charge is 0.393 e. The van der Waals surface area contributed by atoms with Gasteiger partial charge in [0.05, 0.1) is 15.3 Å². The lowest BCUT2D eigenvalue weighted by Crippen LogP contribution is -2.40. The normalized spacial score (nSPS) is 16.6. The first kappa shape index (κ1) is 14.0. The zero-order valence-electron chi connectivity index (χ0n) is 10.6. The second kappa shape index (κ2) is 5.81. The highest BCUT2D eigenvalue weighted by Gasteiger charge is 2.24. The summed E-state index contributed by atoms with van der Waals surface area (Å²) >= 11 is 8.82. The molecule has 4 nitrogen and oxygen atoms in total. The van der Waals surface area contributed by atoms with Crippen LogP contribution < -0.4 is 0 Å². The third kappa shape index (κ3) is 2.88. The van der Waals surface area contributed by atoms with Gasteiger partial charge >= 0.3 is 0 Å². The number of hydrogen-bond acceptors (Lipinski definition) is 5. The maximum Gasteiger partial charge on any atom is 0.273 e. The zero-order valence-corrected chi connectivity index (χ0v) is 13.0. The highest BCUT2D eigenvalue weighted by atomic mass is 35.5. The number of amides is 1. The molecule has 3 rings (SSSR count). The molecule has 1 fully saturated rings. The van der Waals surface area contributed by atoms with Crippen molar-refractivity contribution in [2.24, 2.45) is 0 Å². The molecule has 0 atom stereocenters. The van der Waals surface area contributed by atoms with Crippen LogP contribution in [-0.2, 0) is 0 Å². The van der Waals surface area contributed by atoms with Crippen molar-refractivity contribution in [3.8, 4) is 9.88 Å². The number of thiazole rings is 1. The van der Waals surface area contributed by atoms with Gasteiger partial charge in [0.15, 0.2) is 0 Å². The Morgan fingerprint density at radius 3 is 2.80 bits per heavy atom. The number of rotatable bonds is 2. The van der Waals surface area contributed by atoms with E-state index < -0.39 is 0 Å². The number of piperidine rings is 1. The molecule has 7 heteroatoms. The Balaban J connectivity index is 1.75. The Morgan fingerprint density at radius 2 is 2.15 bits per heavy atom. The van der Waals surface area contributed by atoms with Crippen molar-refractivity contribution in [3.63, 3.8) is 0 Å². The van der Waals surface area contributed by atoms with E-state index in [2.05, 4.69) is 4.98 Å². The molecule has 1 N–H and O–H groups in total. The standard InChI is InChI=1S/C13H13ClN2O2S2/c14-11-2-1-10(20-11)12-15-9(7-19-12)13(18)16-5-3-8(17)4-6-16/h1-2,7-8,17H,3-6H2. The fourth-order valence-electron chi connectivity index (χ4n) is 2.15. The number of carbonyl (C=O) groups excluding carboxylic acids is 1. The van der Waals surface area contributed by atoms with Crippen LogP contribution in [0.15, 0.2) is 17.5 Å². The lowest BCUT2D eigenvalue weighted by Gasteiger charge is -2.28. The summed E-state index contributed by atoms with van der Waals surface area (Å²) in [4.78, 5) is 19.5. The molecule has 0 aliphatic carbocycles. The van der Waals surface area contributed by atoms with Crippen LogP contribution in [0.25, 0.3) is 9.88 Å². The van der Waals surface area contributed by atoms with Crippen molar-refractivity contribution in [2.45, 2.75) is 18.9 Å². The molecule has 1 aliphatic rings. The smallest absolute Gasteiger partial charge is 0.273 e. The number of likely N-dealkylation sites (tertiary alicyclic amines) is 1. The van der Waals surface area contributed by atoms with Crippen molar-refractivity contribution in [1.82, 2.24) is 9.88 Å². The van der Waals surface area contributed by atoms with E-state index in [4.69, 9.17) is 11.6 Å². The molecule has 0 spiro atoms. The molecule has 0 bridgehead atoms. The average molecular weight is 329 g/mol. The first-order valence-electron chi connectivity index (χ1n) is 6.32. The van der Waals surface area contributed by atoms with E-state index in [1.807, 2.05) is 12.1 Å². The SMILES string of the molecule is O=C(c1csc(-c2ccc(Cl)s2)n1)N1CCC(O)CC1. The molecule has 0 radical (unpaired) electrons. The minimum atomic E-state index is -0.279. The minimum Gasteiger partial charge on any atom is -0.393 e. The van der Waals surface area contributed by atoms with E-state index in [1.54, 1.807) is 10.3 Å². The molecule has 0 aromatic carbocycles. The summed E-state index contributed by atoms with van der Waals surface area (Å²) in [7, 11) is 0. The first-order chi connectivity index (χ1) is 9.63. The molecular formula is C13H13ClN2O2S2. The maximum absolute atomic E-state index is 12.3. The summed E-state index contributed by atoms with van der Waals surface area (Å²) in [6, 6.07) is 3.74. The summed E-state index contributed by atoms with van der Waals surface area (Å²) in [5.74, 6) is -0.0537. The van der Waals surface area contributed by atoms with E-state index in [0.717, 1.165) is 9.88 Å². The van der Waals surface area contributed by atoms with Crippen LogP contribution in [0.5, 0.6) is 0 Å². The van der Waals surface area contributed by atoms with Crippen LogP contribution >= 0.6 is 34.3 Å². The molecule has 2 aromatic rings. The molecular weight excluding hydrogens is 316 g/mol. The fourth-order valence-corrected chi connectivity index (χ4v) is 4.05. The van der Waals surface area contributed by atoms with Crippen molar-refractivity contribution >= 4 is 40.2 Å². The minimum absolute atomic E-state index is 0.0537. The molecule has 106 valence electrons. The summed E-state index contributed by atoms with van der Waals surface area (Å²) in [5.41, 5.74) is 0.478. The molecule has 1 amide bonds. The van der Waals surface area contributed by atoms with E-state index in [-0.39, 0.29) is 12.0 Å². The van der Waals surface area contributed by atoms with Gasteiger partial charge in [-0.2, -0.15) is 0 Å². The lowest BCUT2D eigenvalue weighted by atomic mass is 10.1. The van der Waals surface area contributed by atoms with E-state index in [9.17, 15) is 9.90 Å². The summed E-state index contributed by atoms with van der Waals surface area (Å²) in [6.45, 7) is 1.19. The number of carbonyl (C=O) groups is 1. The number of aromatic nitrogens is 1. The van der Waals surface area contributed by atoms with Crippen LogP contribution in [0.2, 0.25) is 4.34 Å².